The number of benzene rings is 3. The molecule has 1 heterocycles. The lowest BCUT2D eigenvalue weighted by Crippen LogP contribution is -2.33. The summed E-state index contributed by atoms with van der Waals surface area (Å²) in [7, 11) is 1.32. The van der Waals surface area contributed by atoms with Gasteiger partial charge in [0.1, 0.15) is 25.0 Å². The third-order valence-electron chi connectivity index (χ3n) is 5.27. The zero-order chi connectivity index (χ0) is 23.4. The van der Waals surface area contributed by atoms with Gasteiger partial charge in [0.2, 0.25) is 0 Å². The fraction of sp³-hybridized carbons (Fsp3) is 0.240. The van der Waals surface area contributed by atoms with Crippen molar-refractivity contribution >= 4 is 29.2 Å². The minimum atomic E-state index is -0.720. The molecular formula is C25H23Cl2NO5. The van der Waals surface area contributed by atoms with Crippen LogP contribution in [0.1, 0.15) is 22.8 Å². The summed E-state index contributed by atoms with van der Waals surface area (Å²) >= 11 is 12.0. The first kappa shape index (κ1) is 23.2. The molecule has 0 spiro atoms. The Morgan fingerprint density at radius 3 is 2.52 bits per heavy atom. The number of carbonyl (C=O) groups is 1. The lowest BCUT2D eigenvalue weighted by Gasteiger charge is -2.27. The van der Waals surface area contributed by atoms with Gasteiger partial charge in [-0.1, -0.05) is 47.5 Å². The highest BCUT2D eigenvalue weighted by atomic mass is 35.5. The number of carbonyl (C=O) groups excluding carboxylic acids is 1. The number of esters is 1. The van der Waals surface area contributed by atoms with E-state index in [1.165, 1.54) is 7.11 Å². The van der Waals surface area contributed by atoms with Gasteiger partial charge in [-0.2, -0.15) is 0 Å². The second-order valence-electron chi connectivity index (χ2n) is 7.64. The van der Waals surface area contributed by atoms with E-state index in [0.29, 0.717) is 41.2 Å². The molecule has 0 aromatic heterocycles. The smallest absolute Gasteiger partial charge is 0.322 e. The van der Waals surface area contributed by atoms with Crippen molar-refractivity contribution in [2.24, 2.45) is 5.73 Å². The monoisotopic (exact) mass is 487 g/mol. The van der Waals surface area contributed by atoms with Crippen molar-refractivity contribution in [2.45, 2.75) is 25.2 Å². The summed E-state index contributed by atoms with van der Waals surface area (Å²) in [6, 6.07) is 17.9. The van der Waals surface area contributed by atoms with Crippen LogP contribution in [-0.2, 0) is 22.6 Å². The maximum atomic E-state index is 11.5. The van der Waals surface area contributed by atoms with E-state index in [-0.39, 0.29) is 6.10 Å². The highest BCUT2D eigenvalue weighted by Crippen LogP contribution is 2.37. The third kappa shape index (κ3) is 5.71. The van der Waals surface area contributed by atoms with E-state index in [1.54, 1.807) is 12.1 Å². The molecule has 0 bridgehead atoms. The Kier molecular flexibility index (Phi) is 7.28. The van der Waals surface area contributed by atoms with E-state index in [2.05, 4.69) is 4.74 Å². The van der Waals surface area contributed by atoms with Crippen LogP contribution in [0.15, 0.2) is 60.7 Å². The summed E-state index contributed by atoms with van der Waals surface area (Å²) < 4.78 is 22.6. The first-order valence-electron chi connectivity index (χ1n) is 10.4. The van der Waals surface area contributed by atoms with Crippen LogP contribution in [0.5, 0.6) is 17.2 Å². The third-order valence-corrected chi connectivity index (χ3v) is 6.01. The van der Waals surface area contributed by atoms with Crippen molar-refractivity contribution in [1.29, 1.82) is 0 Å². The summed E-state index contributed by atoms with van der Waals surface area (Å²) in [5.41, 5.74) is 8.62. The van der Waals surface area contributed by atoms with Gasteiger partial charge in [-0.25, -0.2) is 0 Å². The molecular weight excluding hydrogens is 465 g/mol. The van der Waals surface area contributed by atoms with Crippen molar-refractivity contribution in [3.8, 4) is 17.2 Å². The average molecular weight is 488 g/mol. The maximum Gasteiger partial charge on any atom is 0.322 e. The molecule has 2 N–H and O–H groups in total. The van der Waals surface area contributed by atoms with Crippen molar-refractivity contribution < 1.29 is 23.7 Å². The molecule has 0 saturated carbocycles. The fourth-order valence-corrected chi connectivity index (χ4v) is 3.79. The van der Waals surface area contributed by atoms with Crippen LogP contribution in [0.2, 0.25) is 10.0 Å². The molecule has 3 aromatic rings. The number of rotatable bonds is 7. The molecule has 8 heteroatoms. The van der Waals surface area contributed by atoms with Crippen LogP contribution in [0.25, 0.3) is 0 Å². The van der Waals surface area contributed by atoms with Crippen LogP contribution in [0.3, 0.4) is 0 Å². The minimum absolute atomic E-state index is 0.246. The van der Waals surface area contributed by atoms with E-state index in [0.717, 1.165) is 22.4 Å². The van der Waals surface area contributed by atoms with Gasteiger partial charge in [-0.15, -0.1) is 0 Å². The minimum Gasteiger partial charge on any atom is -0.489 e. The molecule has 33 heavy (non-hydrogen) atoms. The summed E-state index contributed by atoms with van der Waals surface area (Å²) in [4.78, 5) is 11.5. The first-order chi connectivity index (χ1) is 15.9. The molecule has 0 radical (unpaired) electrons. The highest BCUT2D eigenvalue weighted by molar-refractivity contribution is 6.42. The maximum absolute atomic E-state index is 11.5. The second kappa shape index (κ2) is 10.3. The van der Waals surface area contributed by atoms with Crippen LogP contribution in [-0.4, -0.2) is 25.7 Å². The van der Waals surface area contributed by atoms with E-state index in [4.69, 9.17) is 43.1 Å². The molecule has 3 aromatic carbocycles. The Bertz CT molecular complexity index is 1140. The lowest BCUT2D eigenvalue weighted by molar-refractivity contribution is -0.142. The summed E-state index contributed by atoms with van der Waals surface area (Å²) in [5.74, 6) is 1.55. The van der Waals surface area contributed by atoms with Gasteiger partial charge in [-0.3, -0.25) is 4.79 Å². The van der Waals surface area contributed by atoms with Crippen LogP contribution in [0, 0.1) is 0 Å². The first-order valence-corrected chi connectivity index (χ1v) is 11.1. The van der Waals surface area contributed by atoms with Gasteiger partial charge >= 0.3 is 5.97 Å². The molecule has 1 aliphatic rings. The molecule has 1 aliphatic heterocycles. The van der Waals surface area contributed by atoms with Crippen molar-refractivity contribution in [3.63, 3.8) is 0 Å². The topological polar surface area (TPSA) is 80.0 Å². The van der Waals surface area contributed by atoms with E-state index in [9.17, 15) is 4.79 Å². The van der Waals surface area contributed by atoms with Crippen LogP contribution in [0.4, 0.5) is 0 Å². The Balaban J connectivity index is 1.36. The molecule has 4 rings (SSSR count). The lowest BCUT2D eigenvalue weighted by atomic mass is 10.0. The Labute approximate surface area is 202 Å². The van der Waals surface area contributed by atoms with Gasteiger partial charge in [0.25, 0.3) is 0 Å². The molecule has 172 valence electrons. The molecule has 0 aliphatic carbocycles. The number of halogens is 2. The predicted molar refractivity (Wildman–Crippen MR) is 126 cm³/mol. The quantitative estimate of drug-likeness (QED) is 0.465. The zero-order valence-electron chi connectivity index (χ0n) is 17.9. The molecule has 0 unspecified atom stereocenters. The van der Waals surface area contributed by atoms with Gasteiger partial charge in [-0.05, 0) is 59.5 Å². The van der Waals surface area contributed by atoms with E-state index >= 15 is 0 Å². The molecule has 0 fully saturated rings. The number of ether oxygens (including phenoxy) is 4. The number of hydrogen-bond acceptors (Lipinski definition) is 6. The average Bonchev–Trinajstić information content (AvgIpc) is 2.84. The predicted octanol–water partition coefficient (Wildman–Crippen LogP) is 5.13. The number of fused-ring (bicyclic) bond motifs is 1. The van der Waals surface area contributed by atoms with Gasteiger partial charge < -0.3 is 24.7 Å². The normalized spacial score (nSPS) is 15.6. The van der Waals surface area contributed by atoms with Crippen molar-refractivity contribution in [3.05, 3.63) is 87.4 Å². The SMILES string of the molecule is COC(=O)[C@@H](N)Cc1ccc2c(c1)OC[C@H](c1ccc(OCc3ccc(Cl)c(Cl)c3)cc1)O2. The molecule has 6 nitrogen and oxygen atoms in total. The summed E-state index contributed by atoms with van der Waals surface area (Å²) in [6.07, 6.45) is 0.112. The van der Waals surface area contributed by atoms with Gasteiger partial charge in [0, 0.05) is 0 Å². The second-order valence-corrected chi connectivity index (χ2v) is 8.45. The van der Waals surface area contributed by atoms with Crippen molar-refractivity contribution in [1.82, 2.24) is 0 Å². The number of hydrogen-bond donors (Lipinski definition) is 1. The zero-order valence-corrected chi connectivity index (χ0v) is 19.4. The van der Waals surface area contributed by atoms with Crippen LogP contribution < -0.4 is 19.9 Å². The number of nitrogens with two attached hydrogens (primary N) is 1. The molecule has 0 amide bonds. The van der Waals surface area contributed by atoms with Gasteiger partial charge in [0.05, 0.1) is 17.2 Å². The van der Waals surface area contributed by atoms with Gasteiger partial charge in [0.15, 0.2) is 17.6 Å². The Hall–Kier alpha value is -2.93. The fourth-order valence-electron chi connectivity index (χ4n) is 3.47. The Morgan fingerprint density at radius 2 is 1.79 bits per heavy atom. The highest BCUT2D eigenvalue weighted by Gasteiger charge is 2.24. The molecule has 2 atom stereocenters. The Morgan fingerprint density at radius 1 is 1.03 bits per heavy atom. The van der Waals surface area contributed by atoms with Crippen LogP contribution >= 0.6 is 23.2 Å². The number of methoxy groups -OCH3 is 1. The van der Waals surface area contributed by atoms with Crippen molar-refractivity contribution in [2.75, 3.05) is 13.7 Å². The van der Waals surface area contributed by atoms with E-state index < -0.39 is 12.0 Å². The van der Waals surface area contributed by atoms with E-state index in [1.807, 2.05) is 48.5 Å². The summed E-state index contributed by atoms with van der Waals surface area (Å²) in [6.45, 7) is 0.748. The summed E-state index contributed by atoms with van der Waals surface area (Å²) in [5, 5.41) is 1.02. The standard InChI is InChI=1S/C25H23Cl2NO5/c1-30-25(29)21(28)11-15-3-9-22-23(12-15)32-14-24(33-22)17-4-6-18(7-5-17)31-13-16-2-8-19(26)20(27)10-16/h2-10,12,21,24H,11,13-14,28H2,1H3/t21-,24+/m0/s1. The largest absolute Gasteiger partial charge is 0.489 e. The molecule has 0 saturated heterocycles.